The molecule has 2 saturated carbocycles. The van der Waals surface area contributed by atoms with Crippen LogP contribution in [-0.4, -0.2) is 11.1 Å². The lowest BCUT2D eigenvalue weighted by Gasteiger charge is -2.57. The van der Waals surface area contributed by atoms with E-state index in [1.54, 1.807) is 0 Å². The summed E-state index contributed by atoms with van der Waals surface area (Å²) in [5.41, 5.74) is 1.97. The van der Waals surface area contributed by atoms with Gasteiger partial charge in [0.25, 0.3) is 0 Å². The summed E-state index contributed by atoms with van der Waals surface area (Å²) in [6.45, 7) is 14.5. The summed E-state index contributed by atoms with van der Waals surface area (Å²) in [4.78, 5) is 11.9. The molecule has 122 valence electrons. The first-order valence-electron chi connectivity index (χ1n) is 8.46. The molecule has 0 aromatic carbocycles. The van der Waals surface area contributed by atoms with E-state index in [4.69, 9.17) is 0 Å². The van der Waals surface area contributed by atoms with Crippen molar-refractivity contribution in [2.45, 2.75) is 59.3 Å². The van der Waals surface area contributed by atoms with E-state index in [9.17, 15) is 9.90 Å². The molecular formula is C20H30O2. The predicted molar refractivity (Wildman–Crippen MR) is 91.6 cm³/mol. The van der Waals surface area contributed by atoms with Crippen molar-refractivity contribution in [2.24, 2.45) is 22.7 Å². The van der Waals surface area contributed by atoms with E-state index < -0.39 is 11.4 Å². The van der Waals surface area contributed by atoms with E-state index >= 15 is 0 Å². The van der Waals surface area contributed by atoms with Crippen LogP contribution in [0.2, 0.25) is 0 Å². The fourth-order valence-corrected chi connectivity index (χ4v) is 5.03. The number of carbonyl (C=O) groups is 1. The van der Waals surface area contributed by atoms with Crippen LogP contribution in [0.25, 0.3) is 0 Å². The van der Waals surface area contributed by atoms with Crippen molar-refractivity contribution in [1.29, 1.82) is 0 Å². The molecule has 1 unspecified atom stereocenters. The molecule has 0 aliphatic heterocycles. The van der Waals surface area contributed by atoms with Gasteiger partial charge >= 0.3 is 5.97 Å². The van der Waals surface area contributed by atoms with Crippen LogP contribution in [0.3, 0.4) is 0 Å². The molecule has 0 bridgehead atoms. The number of carboxylic acid groups (broad SMARTS) is 1. The van der Waals surface area contributed by atoms with Crippen LogP contribution in [0.4, 0.5) is 0 Å². The molecule has 2 fully saturated rings. The van der Waals surface area contributed by atoms with Gasteiger partial charge in [-0.2, -0.15) is 0 Å². The average Bonchev–Trinajstić information content (AvgIpc) is 2.45. The van der Waals surface area contributed by atoms with E-state index in [1.165, 1.54) is 11.1 Å². The third-order valence-corrected chi connectivity index (χ3v) is 6.51. The highest BCUT2D eigenvalue weighted by molar-refractivity contribution is 5.75. The van der Waals surface area contributed by atoms with Crippen molar-refractivity contribution in [3.05, 3.63) is 36.5 Å². The second-order valence-electron chi connectivity index (χ2n) is 7.77. The van der Waals surface area contributed by atoms with E-state index in [1.807, 2.05) is 13.0 Å². The Morgan fingerprint density at radius 3 is 2.68 bits per heavy atom. The molecule has 0 radical (unpaired) electrons. The number of allylic oxidation sites excluding steroid dienone is 4. The van der Waals surface area contributed by atoms with Gasteiger partial charge in [-0.25, -0.2) is 0 Å². The normalized spacial score (nSPS) is 39.2. The largest absolute Gasteiger partial charge is 0.481 e. The molecule has 0 saturated heterocycles. The Bertz CT molecular complexity index is 516. The number of carboxylic acids is 1. The van der Waals surface area contributed by atoms with Gasteiger partial charge < -0.3 is 5.11 Å². The summed E-state index contributed by atoms with van der Waals surface area (Å²) in [7, 11) is 0. The van der Waals surface area contributed by atoms with Crippen molar-refractivity contribution < 1.29 is 9.90 Å². The van der Waals surface area contributed by atoms with E-state index in [0.29, 0.717) is 5.92 Å². The summed E-state index contributed by atoms with van der Waals surface area (Å²) in [5, 5.41) is 9.81. The zero-order chi connectivity index (χ0) is 16.5. The number of hydrogen-bond donors (Lipinski definition) is 1. The molecule has 2 heteroatoms. The van der Waals surface area contributed by atoms with Crippen molar-refractivity contribution in [1.82, 2.24) is 0 Å². The molecule has 0 aromatic heterocycles. The van der Waals surface area contributed by atoms with Crippen LogP contribution in [0, 0.1) is 22.7 Å². The summed E-state index contributed by atoms with van der Waals surface area (Å²) < 4.78 is 0. The molecule has 4 atom stereocenters. The maximum Gasteiger partial charge on any atom is 0.309 e. The monoisotopic (exact) mass is 302 g/mol. The van der Waals surface area contributed by atoms with Crippen molar-refractivity contribution >= 4 is 5.97 Å². The molecule has 2 rings (SSSR count). The smallest absolute Gasteiger partial charge is 0.309 e. The number of hydrogen-bond acceptors (Lipinski definition) is 1. The van der Waals surface area contributed by atoms with Gasteiger partial charge in [0.2, 0.25) is 0 Å². The summed E-state index contributed by atoms with van der Waals surface area (Å²) in [5.74, 6) is 0.0202. The van der Waals surface area contributed by atoms with Gasteiger partial charge in [0.05, 0.1) is 5.41 Å². The minimum atomic E-state index is -0.618. The fourth-order valence-electron chi connectivity index (χ4n) is 5.03. The van der Waals surface area contributed by atoms with Gasteiger partial charge in [-0.15, -0.1) is 0 Å². The van der Waals surface area contributed by atoms with Gasteiger partial charge in [0.15, 0.2) is 0 Å². The maximum absolute atomic E-state index is 11.9. The molecule has 0 heterocycles. The zero-order valence-electron chi connectivity index (χ0n) is 14.3. The Morgan fingerprint density at radius 1 is 1.41 bits per heavy atom. The molecule has 2 aliphatic rings. The Kier molecular flexibility index (Phi) is 4.70. The summed E-state index contributed by atoms with van der Waals surface area (Å²) in [6, 6.07) is 0. The van der Waals surface area contributed by atoms with Crippen LogP contribution in [0.1, 0.15) is 59.3 Å². The van der Waals surface area contributed by atoms with Crippen LogP contribution in [0.15, 0.2) is 36.5 Å². The number of fused-ring (bicyclic) bond motifs is 1. The van der Waals surface area contributed by atoms with Gasteiger partial charge in [-0.3, -0.25) is 4.79 Å². The standard InChI is InChI=1S/C20H30O2/c1-6-14(2)8-10-16-15(3)9-11-17-19(16,4)12-7-13-20(17,5)18(21)22/h6,8,16-17H,1,3,7,9-13H2,2,4-5H3,(H,21,22)/t16-,17+,19+,20?/m0/s1. The summed E-state index contributed by atoms with van der Waals surface area (Å²) >= 11 is 0. The van der Waals surface area contributed by atoms with Gasteiger partial charge in [0.1, 0.15) is 0 Å². The predicted octanol–water partition coefficient (Wildman–Crippen LogP) is 5.37. The molecule has 0 aromatic rings. The van der Waals surface area contributed by atoms with Gasteiger partial charge in [-0.1, -0.05) is 49.8 Å². The second kappa shape index (κ2) is 6.06. The molecular weight excluding hydrogens is 272 g/mol. The van der Waals surface area contributed by atoms with Crippen LogP contribution in [0.5, 0.6) is 0 Å². The molecule has 1 N–H and O–H groups in total. The molecule has 0 spiro atoms. The van der Waals surface area contributed by atoms with Crippen molar-refractivity contribution in [3.8, 4) is 0 Å². The first-order chi connectivity index (χ1) is 10.3. The third kappa shape index (κ3) is 2.68. The first-order valence-corrected chi connectivity index (χ1v) is 8.46. The maximum atomic E-state index is 11.9. The lowest BCUT2D eigenvalue weighted by atomic mass is 9.46. The molecule has 2 aliphatic carbocycles. The van der Waals surface area contributed by atoms with E-state index in [2.05, 4.69) is 33.1 Å². The second-order valence-corrected chi connectivity index (χ2v) is 7.77. The minimum Gasteiger partial charge on any atom is -0.481 e. The Hall–Kier alpha value is -1.31. The Labute approximate surface area is 135 Å². The van der Waals surface area contributed by atoms with E-state index in [-0.39, 0.29) is 11.3 Å². The zero-order valence-corrected chi connectivity index (χ0v) is 14.3. The topological polar surface area (TPSA) is 37.3 Å². The number of aliphatic carboxylic acids is 1. The highest BCUT2D eigenvalue weighted by Crippen LogP contribution is 2.61. The van der Waals surface area contributed by atoms with Crippen LogP contribution < -0.4 is 0 Å². The lowest BCUT2D eigenvalue weighted by molar-refractivity contribution is -0.164. The van der Waals surface area contributed by atoms with Gasteiger partial charge in [0, 0.05) is 0 Å². The summed E-state index contributed by atoms with van der Waals surface area (Å²) in [6.07, 6.45) is 9.95. The van der Waals surface area contributed by atoms with Crippen LogP contribution >= 0.6 is 0 Å². The van der Waals surface area contributed by atoms with Crippen LogP contribution in [-0.2, 0) is 4.79 Å². The Balaban J connectivity index is 2.36. The minimum absolute atomic E-state index is 0.0542. The lowest BCUT2D eigenvalue weighted by Crippen LogP contribution is -2.53. The molecule has 0 amide bonds. The Morgan fingerprint density at radius 2 is 2.09 bits per heavy atom. The highest BCUT2D eigenvalue weighted by atomic mass is 16.4. The van der Waals surface area contributed by atoms with Gasteiger partial charge in [-0.05, 0) is 63.2 Å². The first kappa shape index (κ1) is 17.1. The third-order valence-electron chi connectivity index (χ3n) is 6.51. The quantitative estimate of drug-likeness (QED) is 0.559. The van der Waals surface area contributed by atoms with E-state index in [0.717, 1.165) is 38.5 Å². The van der Waals surface area contributed by atoms with Crippen molar-refractivity contribution in [3.63, 3.8) is 0 Å². The highest BCUT2D eigenvalue weighted by Gasteiger charge is 2.57. The molecule has 2 nitrogen and oxygen atoms in total. The number of rotatable bonds is 4. The molecule has 22 heavy (non-hydrogen) atoms. The SMILES string of the molecule is C=CC(C)=CC[C@H]1C(=C)CC[C@H]2C(C)(C(=O)O)CCC[C@]12C. The average molecular weight is 302 g/mol. The fraction of sp³-hybridized carbons (Fsp3) is 0.650. The van der Waals surface area contributed by atoms with Crippen molar-refractivity contribution in [2.75, 3.05) is 0 Å².